The van der Waals surface area contributed by atoms with Gasteiger partial charge < -0.3 is 4.74 Å². The van der Waals surface area contributed by atoms with Crippen LogP contribution < -0.4 is 0 Å². The molecule has 0 heterocycles. The summed E-state index contributed by atoms with van der Waals surface area (Å²) in [6.07, 6.45) is 3.55. The molecule has 0 aromatic heterocycles. The zero-order valence-corrected chi connectivity index (χ0v) is 10.6. The average Bonchev–Trinajstić information content (AvgIpc) is 2.46. The Kier molecular flexibility index (Phi) is 4.13. The van der Waals surface area contributed by atoms with Crippen LogP contribution in [0.2, 0.25) is 0 Å². The zero-order valence-electron chi connectivity index (χ0n) is 10.6. The number of carbonyl (C=O) groups excluding carboxylic acids is 2. The lowest BCUT2D eigenvalue weighted by atomic mass is 9.75. The second-order valence-corrected chi connectivity index (χ2v) is 4.75. The number of hydrogen-bond acceptors (Lipinski definition) is 3. The number of Topliss-reactive ketones (excluding diaryl/α,β-unsaturated/α-hetero) is 1. The maximum absolute atomic E-state index is 12.4. The minimum Gasteiger partial charge on any atom is -0.469 e. The molecule has 2 atom stereocenters. The lowest BCUT2D eigenvalue weighted by molar-refractivity contribution is -0.147. The smallest absolute Gasteiger partial charge is 0.309 e. The number of carbonyl (C=O) groups is 2. The summed E-state index contributed by atoms with van der Waals surface area (Å²) in [7, 11) is 1.39. The molecule has 96 valence electrons. The Morgan fingerprint density at radius 3 is 2.28 bits per heavy atom. The van der Waals surface area contributed by atoms with Crippen molar-refractivity contribution in [3.63, 3.8) is 0 Å². The predicted molar refractivity (Wildman–Crippen MR) is 68.2 cm³/mol. The molecule has 1 fully saturated rings. The first-order chi connectivity index (χ1) is 8.74. The average molecular weight is 246 g/mol. The maximum Gasteiger partial charge on any atom is 0.309 e. The van der Waals surface area contributed by atoms with Gasteiger partial charge in [0.1, 0.15) is 0 Å². The normalized spacial score (nSPS) is 23.4. The van der Waals surface area contributed by atoms with Gasteiger partial charge in [-0.05, 0) is 12.8 Å². The molecular weight excluding hydrogens is 228 g/mol. The number of ketones is 1. The molecule has 1 aliphatic carbocycles. The molecule has 0 unspecified atom stereocenters. The van der Waals surface area contributed by atoms with E-state index in [-0.39, 0.29) is 23.6 Å². The van der Waals surface area contributed by atoms with Crippen LogP contribution in [-0.2, 0) is 9.53 Å². The lowest BCUT2D eigenvalue weighted by Crippen LogP contribution is -2.33. The van der Waals surface area contributed by atoms with E-state index in [1.807, 2.05) is 30.3 Å². The highest BCUT2D eigenvalue weighted by atomic mass is 16.5. The van der Waals surface area contributed by atoms with Crippen LogP contribution in [0.4, 0.5) is 0 Å². The maximum atomic E-state index is 12.4. The summed E-state index contributed by atoms with van der Waals surface area (Å²) in [4.78, 5) is 24.2. The third-order valence-electron chi connectivity index (χ3n) is 3.66. The first-order valence-electron chi connectivity index (χ1n) is 6.41. The second-order valence-electron chi connectivity index (χ2n) is 4.75. The highest BCUT2D eigenvalue weighted by Crippen LogP contribution is 2.33. The molecule has 0 spiro atoms. The summed E-state index contributed by atoms with van der Waals surface area (Å²) >= 11 is 0. The molecule has 1 aromatic rings. The third kappa shape index (κ3) is 2.61. The van der Waals surface area contributed by atoms with Crippen molar-refractivity contribution in [2.24, 2.45) is 11.8 Å². The summed E-state index contributed by atoms with van der Waals surface area (Å²) in [5.74, 6) is -0.653. The molecule has 0 radical (unpaired) electrons. The Morgan fingerprint density at radius 1 is 1.06 bits per heavy atom. The van der Waals surface area contributed by atoms with Crippen molar-refractivity contribution < 1.29 is 14.3 Å². The van der Waals surface area contributed by atoms with E-state index in [9.17, 15) is 9.59 Å². The Balaban J connectivity index is 2.19. The fourth-order valence-electron chi connectivity index (χ4n) is 2.69. The van der Waals surface area contributed by atoms with Crippen LogP contribution in [0.3, 0.4) is 0 Å². The Labute approximate surface area is 107 Å². The topological polar surface area (TPSA) is 43.4 Å². The van der Waals surface area contributed by atoms with E-state index in [0.717, 1.165) is 25.7 Å². The fourth-order valence-corrected chi connectivity index (χ4v) is 2.69. The molecule has 2 rings (SSSR count). The van der Waals surface area contributed by atoms with Crippen molar-refractivity contribution >= 4 is 11.8 Å². The van der Waals surface area contributed by atoms with Gasteiger partial charge in [0.25, 0.3) is 0 Å². The summed E-state index contributed by atoms with van der Waals surface area (Å²) < 4.78 is 4.81. The monoisotopic (exact) mass is 246 g/mol. The van der Waals surface area contributed by atoms with Gasteiger partial charge in [-0.3, -0.25) is 9.59 Å². The number of esters is 1. The molecule has 0 bridgehead atoms. The number of methoxy groups -OCH3 is 1. The predicted octanol–water partition coefficient (Wildman–Crippen LogP) is 2.85. The third-order valence-corrected chi connectivity index (χ3v) is 3.66. The Morgan fingerprint density at radius 2 is 1.67 bits per heavy atom. The molecule has 1 aromatic carbocycles. The van der Waals surface area contributed by atoms with Crippen LogP contribution in [0.1, 0.15) is 36.0 Å². The molecule has 0 amide bonds. The molecule has 3 heteroatoms. The van der Waals surface area contributed by atoms with Crippen LogP contribution in [0.25, 0.3) is 0 Å². The Bertz CT molecular complexity index is 425. The minimum atomic E-state index is -0.267. The van der Waals surface area contributed by atoms with Crippen molar-refractivity contribution in [1.29, 1.82) is 0 Å². The van der Waals surface area contributed by atoms with Crippen LogP contribution in [-0.4, -0.2) is 18.9 Å². The molecule has 0 aliphatic heterocycles. The van der Waals surface area contributed by atoms with Crippen LogP contribution in [0.5, 0.6) is 0 Å². The summed E-state index contributed by atoms with van der Waals surface area (Å²) in [6.45, 7) is 0. The Hall–Kier alpha value is -1.64. The largest absolute Gasteiger partial charge is 0.469 e. The number of benzene rings is 1. The van der Waals surface area contributed by atoms with Crippen LogP contribution in [0, 0.1) is 11.8 Å². The number of rotatable bonds is 3. The van der Waals surface area contributed by atoms with Gasteiger partial charge in [-0.1, -0.05) is 43.2 Å². The quantitative estimate of drug-likeness (QED) is 0.608. The first kappa shape index (κ1) is 12.8. The number of hydrogen-bond donors (Lipinski definition) is 0. The lowest BCUT2D eigenvalue weighted by Gasteiger charge is -2.28. The standard InChI is InChI=1S/C15H18O3/c1-18-15(17)13-10-6-5-9-12(13)14(16)11-7-3-2-4-8-11/h2-4,7-8,12-13H,5-6,9-10H2,1H3/t12-,13-/m1/s1. The van der Waals surface area contributed by atoms with Gasteiger partial charge >= 0.3 is 5.97 Å². The molecule has 18 heavy (non-hydrogen) atoms. The van der Waals surface area contributed by atoms with Crippen molar-refractivity contribution in [2.45, 2.75) is 25.7 Å². The van der Waals surface area contributed by atoms with Crippen molar-refractivity contribution in [3.05, 3.63) is 35.9 Å². The molecule has 0 N–H and O–H groups in total. The van der Waals surface area contributed by atoms with E-state index in [2.05, 4.69) is 0 Å². The number of ether oxygens (including phenoxy) is 1. The van der Waals surface area contributed by atoms with E-state index in [1.54, 1.807) is 0 Å². The SMILES string of the molecule is COC(=O)[C@@H]1CCCC[C@H]1C(=O)c1ccccc1. The molecular formula is C15H18O3. The highest BCUT2D eigenvalue weighted by molar-refractivity contribution is 6.00. The first-order valence-corrected chi connectivity index (χ1v) is 6.41. The van der Waals surface area contributed by atoms with Gasteiger partial charge in [0, 0.05) is 11.5 Å². The molecule has 1 saturated carbocycles. The highest BCUT2D eigenvalue weighted by Gasteiger charge is 2.36. The van der Waals surface area contributed by atoms with E-state index in [0.29, 0.717) is 5.56 Å². The summed E-state index contributed by atoms with van der Waals surface area (Å²) in [6, 6.07) is 9.21. The molecule has 3 nitrogen and oxygen atoms in total. The van der Waals surface area contributed by atoms with Gasteiger partial charge in [-0.25, -0.2) is 0 Å². The van der Waals surface area contributed by atoms with Crippen LogP contribution in [0.15, 0.2) is 30.3 Å². The van der Waals surface area contributed by atoms with E-state index < -0.39 is 0 Å². The van der Waals surface area contributed by atoms with Crippen molar-refractivity contribution in [1.82, 2.24) is 0 Å². The van der Waals surface area contributed by atoms with Gasteiger partial charge in [-0.2, -0.15) is 0 Å². The molecule has 0 saturated heterocycles. The van der Waals surface area contributed by atoms with Crippen molar-refractivity contribution in [3.8, 4) is 0 Å². The van der Waals surface area contributed by atoms with Gasteiger partial charge in [0.2, 0.25) is 0 Å². The van der Waals surface area contributed by atoms with Gasteiger partial charge in [0.15, 0.2) is 5.78 Å². The van der Waals surface area contributed by atoms with E-state index in [4.69, 9.17) is 4.74 Å². The second kappa shape index (κ2) is 5.80. The van der Waals surface area contributed by atoms with Crippen molar-refractivity contribution in [2.75, 3.05) is 7.11 Å². The summed E-state index contributed by atoms with van der Waals surface area (Å²) in [5.41, 5.74) is 0.693. The zero-order chi connectivity index (χ0) is 13.0. The molecule has 1 aliphatic rings. The van der Waals surface area contributed by atoms with E-state index in [1.165, 1.54) is 7.11 Å². The summed E-state index contributed by atoms with van der Waals surface area (Å²) in [5, 5.41) is 0. The van der Waals surface area contributed by atoms with Crippen LogP contribution >= 0.6 is 0 Å². The van der Waals surface area contributed by atoms with E-state index >= 15 is 0 Å². The minimum absolute atomic E-state index is 0.0747. The van der Waals surface area contributed by atoms with Gasteiger partial charge in [0.05, 0.1) is 13.0 Å². The van der Waals surface area contributed by atoms with Gasteiger partial charge in [-0.15, -0.1) is 0 Å². The fraction of sp³-hybridized carbons (Fsp3) is 0.467.